The van der Waals surface area contributed by atoms with E-state index in [9.17, 15) is 14.7 Å². The van der Waals surface area contributed by atoms with E-state index in [1.165, 1.54) is 0 Å². The highest BCUT2D eigenvalue weighted by Crippen LogP contribution is 2.33. The highest BCUT2D eigenvalue weighted by atomic mass is 32.2. The van der Waals surface area contributed by atoms with Gasteiger partial charge < -0.3 is 10.0 Å². The standard InChI is InChI=1S/C16H21NO3S/c1-11(10-21-2)15(18)17-8-13(14(9-17)16(19)20)12-6-4-3-5-7-12/h3-7,11,13-14H,8-10H2,1-2H3,(H,19,20)/t11?,13-,14-/m0/s1. The molecule has 1 aliphatic heterocycles. The molecule has 0 saturated carbocycles. The fourth-order valence-corrected chi connectivity index (χ4v) is 3.55. The lowest BCUT2D eigenvalue weighted by atomic mass is 9.89. The van der Waals surface area contributed by atoms with Crippen LogP contribution in [-0.2, 0) is 9.59 Å². The van der Waals surface area contributed by atoms with Crippen molar-refractivity contribution in [3.8, 4) is 0 Å². The minimum atomic E-state index is -0.823. The quantitative estimate of drug-likeness (QED) is 0.907. The van der Waals surface area contributed by atoms with Gasteiger partial charge in [0.25, 0.3) is 0 Å². The zero-order chi connectivity index (χ0) is 15.4. The minimum Gasteiger partial charge on any atom is -0.481 e. The molecule has 3 atom stereocenters. The Balaban J connectivity index is 2.16. The second kappa shape index (κ2) is 6.98. The average molecular weight is 307 g/mol. The summed E-state index contributed by atoms with van der Waals surface area (Å²) in [4.78, 5) is 25.6. The molecule has 21 heavy (non-hydrogen) atoms. The highest BCUT2D eigenvalue weighted by molar-refractivity contribution is 7.98. The number of hydrogen-bond acceptors (Lipinski definition) is 3. The van der Waals surface area contributed by atoms with Crippen molar-refractivity contribution in [1.29, 1.82) is 0 Å². The first-order chi connectivity index (χ1) is 10.0. The monoisotopic (exact) mass is 307 g/mol. The Labute approximate surface area is 129 Å². The lowest BCUT2D eigenvalue weighted by Gasteiger charge is -2.20. The van der Waals surface area contributed by atoms with Gasteiger partial charge in [0.15, 0.2) is 0 Å². The van der Waals surface area contributed by atoms with Gasteiger partial charge in [-0.1, -0.05) is 37.3 Å². The van der Waals surface area contributed by atoms with E-state index in [-0.39, 0.29) is 17.7 Å². The SMILES string of the molecule is CSCC(C)C(=O)N1C[C@H](C(=O)O)[C@H](c2ccccc2)C1. The maximum absolute atomic E-state index is 12.4. The summed E-state index contributed by atoms with van der Waals surface area (Å²) >= 11 is 1.64. The molecule has 0 aromatic heterocycles. The van der Waals surface area contributed by atoms with E-state index in [0.29, 0.717) is 13.1 Å². The zero-order valence-electron chi connectivity index (χ0n) is 12.4. The number of carboxylic acids is 1. The van der Waals surface area contributed by atoms with Gasteiger partial charge in [0, 0.05) is 30.7 Å². The van der Waals surface area contributed by atoms with Crippen molar-refractivity contribution in [1.82, 2.24) is 4.90 Å². The van der Waals surface area contributed by atoms with E-state index >= 15 is 0 Å². The first-order valence-electron chi connectivity index (χ1n) is 7.10. The molecule has 4 nitrogen and oxygen atoms in total. The molecule has 2 rings (SSSR count). The fraction of sp³-hybridized carbons (Fsp3) is 0.500. The van der Waals surface area contributed by atoms with Crippen molar-refractivity contribution in [3.05, 3.63) is 35.9 Å². The molecule has 1 aromatic rings. The van der Waals surface area contributed by atoms with Gasteiger partial charge in [0.2, 0.25) is 5.91 Å². The van der Waals surface area contributed by atoms with Crippen molar-refractivity contribution in [3.63, 3.8) is 0 Å². The molecular formula is C16H21NO3S. The van der Waals surface area contributed by atoms with Gasteiger partial charge in [0.1, 0.15) is 0 Å². The molecule has 5 heteroatoms. The van der Waals surface area contributed by atoms with Gasteiger partial charge in [-0.3, -0.25) is 9.59 Å². The number of carbonyl (C=O) groups excluding carboxylic acids is 1. The van der Waals surface area contributed by atoms with E-state index in [0.717, 1.165) is 11.3 Å². The summed E-state index contributed by atoms with van der Waals surface area (Å²) in [6.45, 7) is 2.72. The summed E-state index contributed by atoms with van der Waals surface area (Å²) in [6, 6.07) is 9.63. The van der Waals surface area contributed by atoms with Crippen molar-refractivity contribution in [2.75, 3.05) is 25.1 Å². The Kier molecular flexibility index (Phi) is 5.28. The molecule has 1 aromatic carbocycles. The normalized spacial score (nSPS) is 23.0. The Morgan fingerprint density at radius 2 is 2.00 bits per heavy atom. The van der Waals surface area contributed by atoms with Crippen LogP contribution in [0.3, 0.4) is 0 Å². The number of aliphatic carboxylic acids is 1. The maximum Gasteiger partial charge on any atom is 0.308 e. The van der Waals surface area contributed by atoms with Crippen LogP contribution in [0.5, 0.6) is 0 Å². The first-order valence-corrected chi connectivity index (χ1v) is 8.49. The van der Waals surface area contributed by atoms with Crippen LogP contribution in [0.4, 0.5) is 0 Å². The number of carboxylic acid groups (broad SMARTS) is 1. The smallest absolute Gasteiger partial charge is 0.308 e. The van der Waals surface area contributed by atoms with Crippen LogP contribution in [0.2, 0.25) is 0 Å². The molecule has 114 valence electrons. The molecule has 0 aliphatic carbocycles. The summed E-state index contributed by atoms with van der Waals surface area (Å²) < 4.78 is 0. The second-order valence-corrected chi connectivity index (χ2v) is 6.47. The van der Waals surface area contributed by atoms with Gasteiger partial charge in [-0.05, 0) is 11.8 Å². The van der Waals surface area contributed by atoms with E-state index in [4.69, 9.17) is 0 Å². The Bertz CT molecular complexity index is 506. The summed E-state index contributed by atoms with van der Waals surface area (Å²) in [5, 5.41) is 9.44. The van der Waals surface area contributed by atoms with E-state index < -0.39 is 11.9 Å². The molecule has 1 unspecified atom stereocenters. The predicted molar refractivity (Wildman–Crippen MR) is 84.4 cm³/mol. The van der Waals surface area contributed by atoms with Crippen molar-refractivity contribution in [2.24, 2.45) is 11.8 Å². The van der Waals surface area contributed by atoms with Gasteiger partial charge in [0.05, 0.1) is 5.92 Å². The molecule has 1 amide bonds. The lowest BCUT2D eigenvalue weighted by molar-refractivity contribution is -0.142. The lowest BCUT2D eigenvalue weighted by Crippen LogP contribution is -2.35. The largest absolute Gasteiger partial charge is 0.481 e. The van der Waals surface area contributed by atoms with Crippen LogP contribution < -0.4 is 0 Å². The Morgan fingerprint density at radius 3 is 2.57 bits per heavy atom. The maximum atomic E-state index is 12.4. The number of benzene rings is 1. The first kappa shape index (κ1) is 15.9. The zero-order valence-corrected chi connectivity index (χ0v) is 13.2. The summed E-state index contributed by atoms with van der Waals surface area (Å²) in [6.07, 6.45) is 1.97. The topological polar surface area (TPSA) is 57.6 Å². The van der Waals surface area contributed by atoms with Gasteiger partial charge in [-0.25, -0.2) is 0 Å². The van der Waals surface area contributed by atoms with Crippen LogP contribution in [-0.4, -0.2) is 47.0 Å². The summed E-state index contributed by atoms with van der Waals surface area (Å²) in [5.74, 6) is -0.690. The number of thioether (sulfide) groups is 1. The average Bonchev–Trinajstić information content (AvgIpc) is 2.93. The van der Waals surface area contributed by atoms with Gasteiger partial charge >= 0.3 is 5.97 Å². The molecular weight excluding hydrogens is 286 g/mol. The van der Waals surface area contributed by atoms with Crippen molar-refractivity contribution in [2.45, 2.75) is 12.8 Å². The van der Waals surface area contributed by atoms with Crippen LogP contribution in [0.1, 0.15) is 18.4 Å². The van der Waals surface area contributed by atoms with Crippen LogP contribution in [0.15, 0.2) is 30.3 Å². The van der Waals surface area contributed by atoms with Gasteiger partial charge in [-0.15, -0.1) is 0 Å². The highest BCUT2D eigenvalue weighted by Gasteiger charge is 2.41. The number of likely N-dealkylation sites (tertiary alicyclic amines) is 1. The number of amides is 1. The molecule has 0 spiro atoms. The Morgan fingerprint density at radius 1 is 1.33 bits per heavy atom. The van der Waals surface area contributed by atoms with Crippen LogP contribution >= 0.6 is 11.8 Å². The minimum absolute atomic E-state index is 0.0639. The van der Waals surface area contributed by atoms with E-state index in [2.05, 4.69) is 0 Å². The van der Waals surface area contributed by atoms with Crippen LogP contribution in [0.25, 0.3) is 0 Å². The number of nitrogens with zero attached hydrogens (tertiary/aromatic N) is 1. The molecule has 1 saturated heterocycles. The third-order valence-corrected chi connectivity index (χ3v) is 4.85. The van der Waals surface area contributed by atoms with Crippen LogP contribution in [0, 0.1) is 11.8 Å². The van der Waals surface area contributed by atoms with Gasteiger partial charge in [-0.2, -0.15) is 11.8 Å². The van der Waals surface area contributed by atoms with E-state index in [1.807, 2.05) is 43.5 Å². The predicted octanol–water partition coefficient (Wildman–Crippen LogP) is 2.31. The second-order valence-electron chi connectivity index (χ2n) is 5.56. The van der Waals surface area contributed by atoms with Crippen molar-refractivity contribution < 1.29 is 14.7 Å². The number of rotatable bonds is 5. The Hall–Kier alpha value is -1.49. The fourth-order valence-electron chi connectivity index (χ4n) is 2.90. The number of carbonyl (C=O) groups is 2. The molecule has 1 fully saturated rings. The van der Waals surface area contributed by atoms with E-state index in [1.54, 1.807) is 16.7 Å². The number of hydrogen-bond donors (Lipinski definition) is 1. The molecule has 0 bridgehead atoms. The third-order valence-electron chi connectivity index (χ3n) is 4.01. The molecule has 1 heterocycles. The summed E-state index contributed by atoms with van der Waals surface area (Å²) in [7, 11) is 0. The molecule has 1 aliphatic rings. The third kappa shape index (κ3) is 3.59. The molecule has 1 N–H and O–H groups in total. The molecule has 0 radical (unpaired) electrons. The summed E-state index contributed by atoms with van der Waals surface area (Å²) in [5.41, 5.74) is 0.998. The van der Waals surface area contributed by atoms with Crippen molar-refractivity contribution >= 4 is 23.6 Å².